The molecule has 1 aromatic carbocycles. The number of aryl methyl sites for hydroxylation is 3. The molecule has 0 saturated carbocycles. The maximum absolute atomic E-state index is 12.1. The van der Waals surface area contributed by atoms with Gasteiger partial charge in [0.25, 0.3) is 0 Å². The highest BCUT2D eigenvalue weighted by molar-refractivity contribution is 7.15. The first kappa shape index (κ1) is 18.5. The SMILES string of the molecule is Cc1ccc(C2=N[C@@H](CC(=O)NN)c3nnc(C)n3-c3sc(C)c(C)c32)cc1. The second-order valence-corrected chi connectivity index (χ2v) is 8.24. The third-order valence-electron chi connectivity index (χ3n) is 5.10. The van der Waals surface area contributed by atoms with Gasteiger partial charge < -0.3 is 0 Å². The first-order valence-corrected chi connectivity index (χ1v) is 9.89. The molecule has 1 atom stereocenters. The van der Waals surface area contributed by atoms with Crippen LogP contribution >= 0.6 is 11.3 Å². The highest BCUT2D eigenvalue weighted by Crippen LogP contribution is 2.39. The van der Waals surface area contributed by atoms with Crippen LogP contribution < -0.4 is 11.3 Å². The Morgan fingerprint density at radius 3 is 2.57 bits per heavy atom. The first-order chi connectivity index (χ1) is 13.4. The second-order valence-electron chi connectivity index (χ2n) is 7.04. The molecule has 0 aliphatic carbocycles. The van der Waals surface area contributed by atoms with Crippen molar-refractivity contribution in [3.63, 3.8) is 0 Å². The van der Waals surface area contributed by atoms with Crippen molar-refractivity contribution < 1.29 is 4.79 Å². The summed E-state index contributed by atoms with van der Waals surface area (Å²) in [5.74, 6) is 6.48. The van der Waals surface area contributed by atoms with E-state index in [1.165, 1.54) is 16.0 Å². The van der Waals surface area contributed by atoms with Crippen molar-refractivity contribution in [2.75, 3.05) is 0 Å². The lowest BCUT2D eigenvalue weighted by Gasteiger charge is -2.12. The number of aliphatic imine (C=N–C) groups is 1. The Labute approximate surface area is 167 Å². The smallest absolute Gasteiger partial charge is 0.236 e. The molecule has 0 fully saturated rings. The largest absolute Gasteiger partial charge is 0.294 e. The van der Waals surface area contributed by atoms with E-state index in [0.29, 0.717) is 5.82 Å². The van der Waals surface area contributed by atoms with Crippen LogP contribution in [0, 0.1) is 27.7 Å². The number of hydrogen-bond acceptors (Lipinski definition) is 6. The molecule has 0 saturated heterocycles. The minimum atomic E-state index is -0.472. The third-order valence-corrected chi connectivity index (χ3v) is 6.30. The van der Waals surface area contributed by atoms with Crippen molar-refractivity contribution in [2.45, 2.75) is 40.2 Å². The fraction of sp³-hybridized carbons (Fsp3) is 0.300. The van der Waals surface area contributed by atoms with Gasteiger partial charge in [0.2, 0.25) is 5.91 Å². The predicted molar refractivity (Wildman–Crippen MR) is 110 cm³/mol. The van der Waals surface area contributed by atoms with E-state index in [0.717, 1.165) is 27.7 Å². The van der Waals surface area contributed by atoms with Crippen molar-refractivity contribution in [1.82, 2.24) is 20.2 Å². The molecule has 7 nitrogen and oxygen atoms in total. The standard InChI is InChI=1S/C20H22N6OS/c1-10-5-7-14(8-6-10)18-17-11(2)12(3)28-20(17)26-13(4)24-25-19(26)15(22-18)9-16(27)23-21/h5-8,15H,9,21H2,1-4H3,(H,23,27)/t15-/m0/s1. The number of hydrazine groups is 1. The number of carbonyl (C=O) groups is 1. The molecular weight excluding hydrogens is 372 g/mol. The van der Waals surface area contributed by atoms with Crippen LogP contribution in [-0.4, -0.2) is 26.4 Å². The van der Waals surface area contributed by atoms with E-state index in [1.54, 1.807) is 11.3 Å². The van der Waals surface area contributed by atoms with Gasteiger partial charge in [-0.15, -0.1) is 21.5 Å². The normalized spacial score (nSPS) is 15.5. The topological polar surface area (TPSA) is 98.2 Å². The molecule has 1 aliphatic heterocycles. The Kier molecular flexibility index (Phi) is 4.60. The minimum absolute atomic E-state index is 0.108. The number of hydrogen-bond donors (Lipinski definition) is 2. The molecule has 8 heteroatoms. The second kappa shape index (κ2) is 6.96. The Hall–Kier alpha value is -2.84. The third kappa shape index (κ3) is 2.94. The van der Waals surface area contributed by atoms with Crippen LogP contribution in [0.2, 0.25) is 0 Å². The van der Waals surface area contributed by atoms with Gasteiger partial charge in [-0.1, -0.05) is 29.8 Å². The van der Waals surface area contributed by atoms with E-state index in [9.17, 15) is 4.79 Å². The number of nitrogens with two attached hydrogens (primary N) is 1. The Bertz CT molecular complexity index is 1090. The molecule has 2 aromatic heterocycles. The number of thiophene rings is 1. The van der Waals surface area contributed by atoms with Gasteiger partial charge in [-0.3, -0.25) is 19.8 Å². The monoisotopic (exact) mass is 394 g/mol. The summed E-state index contributed by atoms with van der Waals surface area (Å²) < 4.78 is 2.03. The van der Waals surface area contributed by atoms with E-state index in [4.69, 9.17) is 10.8 Å². The van der Waals surface area contributed by atoms with Gasteiger partial charge in [0.1, 0.15) is 16.9 Å². The molecule has 3 aromatic rings. The molecule has 0 unspecified atom stereocenters. The molecule has 0 bridgehead atoms. The molecule has 1 amide bonds. The molecule has 3 heterocycles. The average Bonchev–Trinajstić information content (AvgIpc) is 3.15. The van der Waals surface area contributed by atoms with Crippen LogP contribution in [0.4, 0.5) is 0 Å². The first-order valence-electron chi connectivity index (χ1n) is 9.07. The van der Waals surface area contributed by atoms with Crippen LogP contribution in [0.15, 0.2) is 29.3 Å². The number of rotatable bonds is 3. The van der Waals surface area contributed by atoms with Gasteiger partial charge in [0, 0.05) is 16.0 Å². The van der Waals surface area contributed by atoms with E-state index in [2.05, 4.69) is 60.7 Å². The quantitative estimate of drug-likeness (QED) is 0.405. The number of benzene rings is 1. The summed E-state index contributed by atoms with van der Waals surface area (Å²) in [6.07, 6.45) is 0.108. The highest BCUT2D eigenvalue weighted by atomic mass is 32.1. The maximum Gasteiger partial charge on any atom is 0.236 e. The summed E-state index contributed by atoms with van der Waals surface area (Å²) in [4.78, 5) is 18.3. The molecule has 0 radical (unpaired) electrons. The van der Waals surface area contributed by atoms with E-state index >= 15 is 0 Å². The molecule has 0 spiro atoms. The van der Waals surface area contributed by atoms with E-state index in [1.807, 2.05) is 11.5 Å². The number of aromatic nitrogens is 3. The van der Waals surface area contributed by atoms with Gasteiger partial charge >= 0.3 is 0 Å². The number of nitrogens with one attached hydrogen (secondary N) is 1. The van der Waals surface area contributed by atoms with Crippen LogP contribution in [0.1, 0.15) is 51.2 Å². The zero-order chi connectivity index (χ0) is 20.0. The van der Waals surface area contributed by atoms with Gasteiger partial charge in [-0.25, -0.2) is 5.84 Å². The fourth-order valence-corrected chi connectivity index (χ4v) is 4.68. The lowest BCUT2D eigenvalue weighted by molar-refractivity contribution is -0.121. The predicted octanol–water partition coefficient (Wildman–Crippen LogP) is 2.83. The molecule has 4 rings (SSSR count). The molecule has 28 heavy (non-hydrogen) atoms. The van der Waals surface area contributed by atoms with E-state index < -0.39 is 6.04 Å². The number of fused-ring (bicyclic) bond motifs is 3. The summed E-state index contributed by atoms with van der Waals surface area (Å²) in [6, 6.07) is 7.82. The van der Waals surface area contributed by atoms with Crippen molar-refractivity contribution in [3.05, 3.63) is 63.0 Å². The summed E-state index contributed by atoms with van der Waals surface area (Å²) in [5.41, 5.74) is 7.53. The summed E-state index contributed by atoms with van der Waals surface area (Å²) in [6.45, 7) is 8.20. The number of carbonyl (C=O) groups excluding carboxylic acids is 1. The number of amides is 1. The Morgan fingerprint density at radius 1 is 1.18 bits per heavy atom. The van der Waals surface area contributed by atoms with E-state index in [-0.39, 0.29) is 12.3 Å². The van der Waals surface area contributed by atoms with Crippen LogP contribution in [0.25, 0.3) is 5.00 Å². The lowest BCUT2D eigenvalue weighted by atomic mass is 9.99. The lowest BCUT2D eigenvalue weighted by Crippen LogP contribution is -2.31. The zero-order valence-electron chi connectivity index (χ0n) is 16.3. The van der Waals surface area contributed by atoms with Crippen LogP contribution in [0.3, 0.4) is 0 Å². The minimum Gasteiger partial charge on any atom is -0.294 e. The average molecular weight is 395 g/mol. The van der Waals surface area contributed by atoms with Gasteiger partial charge in [0.05, 0.1) is 12.1 Å². The van der Waals surface area contributed by atoms with Crippen molar-refractivity contribution in [1.29, 1.82) is 0 Å². The van der Waals surface area contributed by atoms with Gasteiger partial charge in [0.15, 0.2) is 5.82 Å². The molecule has 3 N–H and O–H groups in total. The van der Waals surface area contributed by atoms with Crippen LogP contribution in [-0.2, 0) is 4.79 Å². The van der Waals surface area contributed by atoms with Crippen LogP contribution in [0.5, 0.6) is 0 Å². The number of nitrogens with zero attached hydrogens (tertiary/aromatic N) is 4. The molecule has 1 aliphatic rings. The maximum atomic E-state index is 12.1. The van der Waals surface area contributed by atoms with Gasteiger partial charge in [-0.05, 0) is 33.3 Å². The Morgan fingerprint density at radius 2 is 1.89 bits per heavy atom. The fourth-order valence-electron chi connectivity index (χ4n) is 3.47. The summed E-state index contributed by atoms with van der Waals surface area (Å²) in [7, 11) is 0. The zero-order valence-corrected chi connectivity index (χ0v) is 17.1. The summed E-state index contributed by atoms with van der Waals surface area (Å²) >= 11 is 1.70. The van der Waals surface area contributed by atoms with Gasteiger partial charge in [-0.2, -0.15) is 0 Å². The molecule has 144 valence electrons. The molecular formula is C20H22N6OS. The van der Waals surface area contributed by atoms with Crippen molar-refractivity contribution in [3.8, 4) is 5.00 Å². The highest BCUT2D eigenvalue weighted by Gasteiger charge is 2.32. The Balaban J connectivity index is 2.01. The van der Waals surface area contributed by atoms with Crippen molar-refractivity contribution in [2.24, 2.45) is 10.8 Å². The summed E-state index contributed by atoms with van der Waals surface area (Å²) in [5, 5.41) is 9.66. The van der Waals surface area contributed by atoms with Crippen molar-refractivity contribution >= 4 is 23.0 Å².